The van der Waals surface area contributed by atoms with Gasteiger partial charge in [-0.2, -0.15) is 0 Å². The van der Waals surface area contributed by atoms with Gasteiger partial charge in [-0.15, -0.1) is 0 Å². The van der Waals surface area contributed by atoms with Gasteiger partial charge in [0.25, 0.3) is 0 Å². The van der Waals surface area contributed by atoms with Crippen LogP contribution in [0, 0.1) is 5.92 Å². The van der Waals surface area contributed by atoms with Crippen molar-refractivity contribution in [3.8, 4) is 0 Å². The Kier molecular flexibility index (Phi) is 11.4. The van der Waals surface area contributed by atoms with Gasteiger partial charge >= 0.3 is 0 Å². The number of hydrogen-bond acceptors (Lipinski definition) is 1. The highest BCUT2D eigenvalue weighted by molar-refractivity contribution is 4.60. The monoisotopic (exact) mass is 228 g/mol. The molecule has 2 atom stereocenters. The van der Waals surface area contributed by atoms with Crippen LogP contribution < -0.4 is 0 Å². The van der Waals surface area contributed by atoms with Crippen molar-refractivity contribution in [2.24, 2.45) is 5.92 Å². The van der Waals surface area contributed by atoms with Gasteiger partial charge in [-0.05, 0) is 25.2 Å². The van der Waals surface area contributed by atoms with E-state index in [1.807, 2.05) is 0 Å². The zero-order valence-electron chi connectivity index (χ0n) is 11.7. The normalized spacial score (nSPS) is 15.0. The van der Waals surface area contributed by atoms with Crippen molar-refractivity contribution < 1.29 is 5.11 Å². The Labute approximate surface area is 103 Å². The number of hydrogen-bond donors (Lipinski definition) is 1. The van der Waals surface area contributed by atoms with Gasteiger partial charge in [0.15, 0.2) is 0 Å². The Morgan fingerprint density at radius 3 is 1.88 bits per heavy atom. The molecule has 2 unspecified atom stereocenters. The van der Waals surface area contributed by atoms with E-state index in [1.165, 1.54) is 51.4 Å². The molecule has 0 amide bonds. The summed E-state index contributed by atoms with van der Waals surface area (Å²) in [6.45, 7) is 6.79. The SMILES string of the molecule is CCCCCC(C)CCC(O)CCCCC. The average molecular weight is 228 g/mol. The van der Waals surface area contributed by atoms with Gasteiger partial charge in [0.05, 0.1) is 6.10 Å². The molecular weight excluding hydrogens is 196 g/mol. The van der Waals surface area contributed by atoms with E-state index in [1.54, 1.807) is 0 Å². The van der Waals surface area contributed by atoms with Gasteiger partial charge < -0.3 is 5.11 Å². The van der Waals surface area contributed by atoms with Gasteiger partial charge in [0.2, 0.25) is 0 Å². The van der Waals surface area contributed by atoms with Gasteiger partial charge in [-0.3, -0.25) is 0 Å². The van der Waals surface area contributed by atoms with Crippen molar-refractivity contribution in [3.63, 3.8) is 0 Å². The predicted octanol–water partition coefficient (Wildman–Crippen LogP) is 4.92. The first-order valence-corrected chi connectivity index (χ1v) is 7.38. The minimum absolute atomic E-state index is 0.0415. The minimum atomic E-state index is -0.0415. The van der Waals surface area contributed by atoms with Crippen LogP contribution >= 0.6 is 0 Å². The fourth-order valence-corrected chi connectivity index (χ4v) is 2.14. The second-order valence-electron chi connectivity index (χ2n) is 5.33. The summed E-state index contributed by atoms with van der Waals surface area (Å²) in [6, 6.07) is 0. The zero-order valence-corrected chi connectivity index (χ0v) is 11.7. The summed E-state index contributed by atoms with van der Waals surface area (Å²) >= 11 is 0. The smallest absolute Gasteiger partial charge is 0.0540 e. The van der Waals surface area contributed by atoms with Crippen LogP contribution in [0.15, 0.2) is 0 Å². The molecule has 0 aliphatic rings. The predicted molar refractivity (Wildman–Crippen MR) is 72.7 cm³/mol. The highest BCUT2D eigenvalue weighted by Gasteiger charge is 2.07. The van der Waals surface area contributed by atoms with Crippen LogP contribution in [0.25, 0.3) is 0 Å². The van der Waals surface area contributed by atoms with E-state index in [0.29, 0.717) is 0 Å². The first-order chi connectivity index (χ1) is 7.70. The van der Waals surface area contributed by atoms with Crippen LogP contribution in [-0.2, 0) is 0 Å². The molecule has 0 heterocycles. The van der Waals surface area contributed by atoms with Crippen LogP contribution in [0.1, 0.15) is 85.0 Å². The second kappa shape index (κ2) is 11.4. The third-order valence-electron chi connectivity index (χ3n) is 3.43. The lowest BCUT2D eigenvalue weighted by Gasteiger charge is -2.14. The third kappa shape index (κ3) is 10.5. The molecule has 0 aromatic carbocycles. The molecule has 1 N–H and O–H groups in total. The quantitative estimate of drug-likeness (QED) is 0.497. The van der Waals surface area contributed by atoms with Crippen LogP contribution in [0.5, 0.6) is 0 Å². The molecular formula is C15H32O. The molecule has 0 bridgehead atoms. The molecule has 0 saturated heterocycles. The van der Waals surface area contributed by atoms with E-state index in [9.17, 15) is 5.11 Å². The van der Waals surface area contributed by atoms with E-state index in [-0.39, 0.29) is 6.10 Å². The summed E-state index contributed by atoms with van der Waals surface area (Å²) in [7, 11) is 0. The van der Waals surface area contributed by atoms with E-state index in [0.717, 1.165) is 18.8 Å². The Hall–Kier alpha value is -0.0400. The molecule has 0 radical (unpaired) electrons. The summed E-state index contributed by atoms with van der Waals surface area (Å²) in [5.74, 6) is 0.798. The summed E-state index contributed by atoms with van der Waals surface area (Å²) in [4.78, 5) is 0. The Morgan fingerprint density at radius 1 is 0.750 bits per heavy atom. The molecule has 0 fully saturated rings. The number of aliphatic hydroxyl groups is 1. The topological polar surface area (TPSA) is 20.2 Å². The lowest BCUT2D eigenvalue weighted by molar-refractivity contribution is 0.141. The first-order valence-electron chi connectivity index (χ1n) is 7.38. The standard InChI is InChI=1S/C15H32O/c1-4-6-8-10-14(3)12-13-15(16)11-9-7-5-2/h14-16H,4-13H2,1-3H3. The second-order valence-corrected chi connectivity index (χ2v) is 5.33. The largest absolute Gasteiger partial charge is 0.393 e. The highest BCUT2D eigenvalue weighted by Crippen LogP contribution is 2.17. The summed E-state index contributed by atoms with van der Waals surface area (Å²) < 4.78 is 0. The van der Waals surface area contributed by atoms with Gasteiger partial charge in [-0.1, -0.05) is 65.7 Å². The van der Waals surface area contributed by atoms with Gasteiger partial charge in [0, 0.05) is 0 Å². The fraction of sp³-hybridized carbons (Fsp3) is 1.00. The maximum atomic E-state index is 9.80. The van der Waals surface area contributed by atoms with Crippen molar-refractivity contribution in [2.75, 3.05) is 0 Å². The van der Waals surface area contributed by atoms with E-state index in [2.05, 4.69) is 20.8 Å². The Bertz CT molecular complexity index is 117. The molecule has 98 valence electrons. The van der Waals surface area contributed by atoms with Crippen molar-refractivity contribution >= 4 is 0 Å². The molecule has 0 aromatic heterocycles. The van der Waals surface area contributed by atoms with E-state index >= 15 is 0 Å². The molecule has 0 spiro atoms. The number of unbranched alkanes of at least 4 members (excludes halogenated alkanes) is 4. The van der Waals surface area contributed by atoms with E-state index < -0.39 is 0 Å². The van der Waals surface area contributed by atoms with Crippen LogP contribution in [0.3, 0.4) is 0 Å². The summed E-state index contributed by atoms with van der Waals surface area (Å²) in [5, 5.41) is 9.80. The van der Waals surface area contributed by atoms with Crippen molar-refractivity contribution in [3.05, 3.63) is 0 Å². The van der Waals surface area contributed by atoms with Crippen LogP contribution in [-0.4, -0.2) is 11.2 Å². The maximum absolute atomic E-state index is 9.80. The highest BCUT2D eigenvalue weighted by atomic mass is 16.3. The number of rotatable bonds is 11. The zero-order chi connectivity index (χ0) is 12.2. The first kappa shape index (κ1) is 16.0. The Morgan fingerprint density at radius 2 is 1.31 bits per heavy atom. The molecule has 0 aliphatic carbocycles. The van der Waals surface area contributed by atoms with Crippen molar-refractivity contribution in [2.45, 2.75) is 91.1 Å². The molecule has 0 saturated carbocycles. The van der Waals surface area contributed by atoms with Crippen LogP contribution in [0.4, 0.5) is 0 Å². The maximum Gasteiger partial charge on any atom is 0.0540 e. The molecule has 16 heavy (non-hydrogen) atoms. The molecule has 0 aliphatic heterocycles. The van der Waals surface area contributed by atoms with Crippen LogP contribution in [0.2, 0.25) is 0 Å². The van der Waals surface area contributed by atoms with Crippen molar-refractivity contribution in [1.82, 2.24) is 0 Å². The lowest BCUT2D eigenvalue weighted by atomic mass is 9.95. The average Bonchev–Trinajstić information content (AvgIpc) is 2.27. The van der Waals surface area contributed by atoms with Gasteiger partial charge in [-0.25, -0.2) is 0 Å². The molecule has 1 heteroatoms. The third-order valence-corrected chi connectivity index (χ3v) is 3.43. The number of aliphatic hydroxyl groups excluding tert-OH is 1. The fourth-order valence-electron chi connectivity index (χ4n) is 2.14. The summed E-state index contributed by atoms with van der Waals surface area (Å²) in [5.41, 5.74) is 0. The van der Waals surface area contributed by atoms with E-state index in [4.69, 9.17) is 0 Å². The molecule has 0 aromatic rings. The molecule has 1 nitrogen and oxygen atoms in total. The van der Waals surface area contributed by atoms with Crippen molar-refractivity contribution in [1.29, 1.82) is 0 Å². The molecule has 0 rings (SSSR count). The minimum Gasteiger partial charge on any atom is -0.393 e. The Balaban J connectivity index is 3.32. The van der Waals surface area contributed by atoms with Gasteiger partial charge in [0.1, 0.15) is 0 Å². The summed E-state index contributed by atoms with van der Waals surface area (Å²) in [6.07, 6.45) is 12.3. The lowest BCUT2D eigenvalue weighted by Crippen LogP contribution is -2.08.